The summed E-state index contributed by atoms with van der Waals surface area (Å²) in [6.07, 6.45) is 3.11. The van der Waals surface area contributed by atoms with Gasteiger partial charge in [0.2, 0.25) is 5.91 Å². The summed E-state index contributed by atoms with van der Waals surface area (Å²) in [6.45, 7) is 8.83. The van der Waals surface area contributed by atoms with Crippen molar-refractivity contribution in [3.05, 3.63) is 0 Å². The molecule has 0 aliphatic carbocycles. The minimum atomic E-state index is -0.0252. The molecule has 0 aromatic heterocycles. The molecule has 1 aliphatic heterocycles. The third-order valence-corrected chi connectivity index (χ3v) is 3.73. The van der Waals surface area contributed by atoms with Crippen LogP contribution in [0.15, 0.2) is 0 Å². The van der Waals surface area contributed by atoms with Crippen molar-refractivity contribution >= 4 is 5.91 Å². The number of rotatable bonds is 5. The molecule has 1 aliphatic rings. The van der Waals surface area contributed by atoms with Crippen molar-refractivity contribution < 1.29 is 4.79 Å². The summed E-state index contributed by atoms with van der Waals surface area (Å²) in [5.74, 6) is 0.240. The van der Waals surface area contributed by atoms with E-state index in [2.05, 4.69) is 44.7 Å². The Balaban J connectivity index is 2.68. The summed E-state index contributed by atoms with van der Waals surface area (Å²) in [6, 6.07) is 0.372. The lowest BCUT2D eigenvalue weighted by molar-refractivity contribution is -0.137. The maximum Gasteiger partial charge on any atom is 0.227 e. The molecule has 0 saturated carbocycles. The van der Waals surface area contributed by atoms with Gasteiger partial charge in [-0.15, -0.1) is 0 Å². The topological polar surface area (TPSA) is 49.6 Å². The molecule has 0 spiro atoms. The second-order valence-corrected chi connectivity index (χ2v) is 7.29. The molecule has 19 heavy (non-hydrogen) atoms. The number of nitrogens with zero attached hydrogens (tertiary/aromatic N) is 2. The van der Waals surface area contributed by atoms with E-state index in [1.807, 2.05) is 0 Å². The Hall–Kier alpha value is -0.610. The van der Waals surface area contributed by atoms with E-state index in [9.17, 15) is 4.79 Å². The lowest BCUT2D eigenvalue weighted by Crippen LogP contribution is -2.46. The predicted octanol–water partition coefficient (Wildman–Crippen LogP) is 1.55. The molecule has 0 bridgehead atoms. The molecule has 2 N–H and O–H groups in total. The SMILES string of the molecule is CN(C)CC1CCCN1C(=O)C(CN)CC(C)(C)C. The van der Waals surface area contributed by atoms with E-state index in [1.165, 1.54) is 0 Å². The molecule has 0 aromatic carbocycles. The first-order chi connectivity index (χ1) is 8.74. The molecule has 1 fully saturated rings. The Bertz CT molecular complexity index is 296. The van der Waals surface area contributed by atoms with E-state index in [4.69, 9.17) is 5.73 Å². The lowest BCUT2D eigenvalue weighted by atomic mass is 9.84. The standard InChI is InChI=1S/C15H31N3O/c1-15(2,3)9-12(10-16)14(19)18-8-6-7-13(18)11-17(4)5/h12-13H,6-11,16H2,1-5H3. The average molecular weight is 269 g/mol. The normalized spacial score (nSPS) is 22.1. The zero-order valence-corrected chi connectivity index (χ0v) is 13.3. The Morgan fingerprint density at radius 2 is 2.05 bits per heavy atom. The summed E-state index contributed by atoms with van der Waals surface area (Å²) in [5.41, 5.74) is 5.99. The van der Waals surface area contributed by atoms with Gasteiger partial charge in [0.1, 0.15) is 0 Å². The number of nitrogens with two attached hydrogens (primary N) is 1. The van der Waals surface area contributed by atoms with Crippen LogP contribution < -0.4 is 5.73 Å². The zero-order valence-electron chi connectivity index (χ0n) is 13.3. The van der Waals surface area contributed by atoms with Crippen LogP contribution in [-0.2, 0) is 4.79 Å². The average Bonchev–Trinajstić information content (AvgIpc) is 2.70. The van der Waals surface area contributed by atoms with Gasteiger partial charge in [-0.3, -0.25) is 4.79 Å². The number of carbonyl (C=O) groups is 1. The van der Waals surface area contributed by atoms with Gasteiger partial charge >= 0.3 is 0 Å². The molecule has 0 radical (unpaired) electrons. The number of carbonyl (C=O) groups excluding carboxylic acids is 1. The first-order valence-corrected chi connectivity index (χ1v) is 7.40. The zero-order chi connectivity index (χ0) is 14.6. The molecule has 1 heterocycles. The predicted molar refractivity (Wildman–Crippen MR) is 79.9 cm³/mol. The third-order valence-electron chi connectivity index (χ3n) is 3.73. The molecular formula is C15H31N3O. The van der Waals surface area contributed by atoms with Crippen molar-refractivity contribution in [2.45, 2.75) is 46.1 Å². The van der Waals surface area contributed by atoms with E-state index in [1.54, 1.807) is 0 Å². The smallest absolute Gasteiger partial charge is 0.227 e. The maximum atomic E-state index is 12.7. The van der Waals surface area contributed by atoms with Crippen LogP contribution in [0.1, 0.15) is 40.0 Å². The highest BCUT2D eigenvalue weighted by Crippen LogP contribution is 2.27. The number of amides is 1. The molecule has 1 amide bonds. The van der Waals surface area contributed by atoms with E-state index in [-0.39, 0.29) is 17.2 Å². The van der Waals surface area contributed by atoms with E-state index in [0.29, 0.717) is 12.6 Å². The lowest BCUT2D eigenvalue weighted by Gasteiger charge is -2.32. The summed E-state index contributed by atoms with van der Waals surface area (Å²) >= 11 is 0. The van der Waals surface area contributed by atoms with Crippen LogP contribution in [0.25, 0.3) is 0 Å². The first kappa shape index (κ1) is 16.4. The van der Waals surface area contributed by atoms with E-state index < -0.39 is 0 Å². The monoisotopic (exact) mass is 269 g/mol. The summed E-state index contributed by atoms with van der Waals surface area (Å²) in [4.78, 5) is 16.9. The highest BCUT2D eigenvalue weighted by Gasteiger charge is 2.34. The van der Waals surface area contributed by atoms with Gasteiger partial charge in [-0.2, -0.15) is 0 Å². The fourth-order valence-electron chi connectivity index (χ4n) is 2.98. The maximum absolute atomic E-state index is 12.7. The molecule has 2 atom stereocenters. The molecule has 112 valence electrons. The van der Waals surface area contributed by atoms with Gasteiger partial charge in [0.15, 0.2) is 0 Å². The van der Waals surface area contributed by atoms with Gasteiger partial charge in [0, 0.05) is 25.7 Å². The largest absolute Gasteiger partial charge is 0.338 e. The molecular weight excluding hydrogens is 238 g/mol. The summed E-state index contributed by atoms with van der Waals surface area (Å²) < 4.78 is 0. The molecule has 1 rings (SSSR count). The fourth-order valence-corrected chi connectivity index (χ4v) is 2.98. The van der Waals surface area contributed by atoms with Gasteiger partial charge in [0.25, 0.3) is 0 Å². The second kappa shape index (κ2) is 6.71. The molecule has 2 unspecified atom stereocenters. The minimum absolute atomic E-state index is 0.0252. The molecule has 0 aromatic rings. The Labute approximate surface area is 118 Å². The highest BCUT2D eigenvalue weighted by atomic mass is 16.2. The molecule has 4 heteroatoms. The fraction of sp³-hybridized carbons (Fsp3) is 0.933. The Kier molecular flexibility index (Phi) is 5.81. The van der Waals surface area contributed by atoms with Crippen molar-refractivity contribution in [2.75, 3.05) is 33.7 Å². The van der Waals surface area contributed by atoms with Crippen molar-refractivity contribution in [2.24, 2.45) is 17.1 Å². The summed E-state index contributed by atoms with van der Waals surface area (Å²) in [5, 5.41) is 0. The second-order valence-electron chi connectivity index (χ2n) is 7.29. The number of hydrogen-bond acceptors (Lipinski definition) is 3. The van der Waals surface area contributed by atoms with Crippen LogP contribution in [0.3, 0.4) is 0 Å². The van der Waals surface area contributed by atoms with E-state index >= 15 is 0 Å². The number of likely N-dealkylation sites (tertiary alicyclic amines) is 1. The van der Waals surface area contributed by atoms with Crippen molar-refractivity contribution in [3.63, 3.8) is 0 Å². The third kappa shape index (κ3) is 5.11. The number of hydrogen-bond donors (Lipinski definition) is 1. The van der Waals surface area contributed by atoms with Crippen molar-refractivity contribution in [1.29, 1.82) is 0 Å². The van der Waals surface area contributed by atoms with Crippen LogP contribution in [0.5, 0.6) is 0 Å². The quantitative estimate of drug-likeness (QED) is 0.824. The van der Waals surface area contributed by atoms with Crippen LogP contribution >= 0.6 is 0 Å². The minimum Gasteiger partial charge on any atom is -0.338 e. The van der Waals surface area contributed by atoms with Gasteiger partial charge in [-0.05, 0) is 38.8 Å². The van der Waals surface area contributed by atoms with Crippen LogP contribution in [0, 0.1) is 11.3 Å². The van der Waals surface area contributed by atoms with Gasteiger partial charge in [-0.1, -0.05) is 20.8 Å². The first-order valence-electron chi connectivity index (χ1n) is 7.40. The van der Waals surface area contributed by atoms with Crippen LogP contribution in [-0.4, -0.2) is 55.5 Å². The van der Waals surface area contributed by atoms with Crippen LogP contribution in [0.4, 0.5) is 0 Å². The Morgan fingerprint density at radius 3 is 2.53 bits per heavy atom. The Morgan fingerprint density at radius 1 is 1.42 bits per heavy atom. The molecule has 1 saturated heterocycles. The van der Waals surface area contributed by atoms with Gasteiger partial charge in [-0.25, -0.2) is 0 Å². The molecule has 4 nitrogen and oxygen atoms in total. The van der Waals surface area contributed by atoms with Gasteiger partial charge < -0.3 is 15.5 Å². The van der Waals surface area contributed by atoms with Gasteiger partial charge in [0.05, 0.1) is 5.92 Å². The van der Waals surface area contributed by atoms with Crippen molar-refractivity contribution in [3.8, 4) is 0 Å². The van der Waals surface area contributed by atoms with Crippen LogP contribution in [0.2, 0.25) is 0 Å². The summed E-state index contributed by atoms with van der Waals surface area (Å²) in [7, 11) is 4.13. The van der Waals surface area contributed by atoms with E-state index in [0.717, 1.165) is 32.4 Å². The van der Waals surface area contributed by atoms with Crippen molar-refractivity contribution in [1.82, 2.24) is 9.80 Å². The highest BCUT2D eigenvalue weighted by molar-refractivity contribution is 5.79. The number of likely N-dealkylation sites (N-methyl/N-ethyl adjacent to an activating group) is 1.